The summed E-state index contributed by atoms with van der Waals surface area (Å²) in [4.78, 5) is 0. The highest BCUT2D eigenvalue weighted by Gasteiger charge is 2.24. The van der Waals surface area contributed by atoms with Gasteiger partial charge in [0, 0.05) is 49.4 Å². The van der Waals surface area contributed by atoms with Crippen LogP contribution in [0.3, 0.4) is 0 Å². The van der Waals surface area contributed by atoms with E-state index in [4.69, 9.17) is 0 Å². The van der Waals surface area contributed by atoms with Crippen molar-refractivity contribution in [1.29, 1.82) is 0 Å². The molecule has 8 aromatic carbocycles. The maximum absolute atomic E-state index is 3.78. The average molecular weight is 728 g/mol. The smallest absolute Gasteiger partial charge is 0.0641 e. The summed E-state index contributed by atoms with van der Waals surface area (Å²) in [7, 11) is 0. The summed E-state index contributed by atoms with van der Waals surface area (Å²) >= 11 is 0. The van der Waals surface area contributed by atoms with Gasteiger partial charge >= 0.3 is 0 Å². The largest absolute Gasteiger partial charge is 0.309 e. The van der Waals surface area contributed by atoms with Gasteiger partial charge in [0.2, 0.25) is 0 Å². The van der Waals surface area contributed by atoms with Crippen LogP contribution in [0.1, 0.15) is 5.56 Å². The number of allylic oxidation sites excluding steroid dienone is 4. The lowest BCUT2D eigenvalue weighted by Crippen LogP contribution is -1.96. The van der Waals surface area contributed by atoms with Crippen LogP contribution in [0.15, 0.2) is 213 Å². The summed E-state index contributed by atoms with van der Waals surface area (Å²) in [6, 6.07) is 66.4. The van der Waals surface area contributed by atoms with Crippen LogP contribution in [0.25, 0.3) is 99.7 Å². The molecule has 0 amide bonds. The Morgan fingerprint density at radius 1 is 0.351 bits per heavy atom. The van der Waals surface area contributed by atoms with Gasteiger partial charge in [0.25, 0.3) is 0 Å². The second-order valence-corrected chi connectivity index (χ2v) is 14.6. The minimum atomic E-state index is 1.13. The lowest BCUT2D eigenvalue weighted by Gasteiger charge is -2.12. The van der Waals surface area contributed by atoms with Crippen LogP contribution < -0.4 is 0 Å². The van der Waals surface area contributed by atoms with E-state index in [0.29, 0.717) is 0 Å². The topological polar surface area (TPSA) is 14.8 Å². The fourth-order valence-electron chi connectivity index (χ4n) is 9.02. The number of hydrogen-bond donors (Lipinski definition) is 0. The van der Waals surface area contributed by atoms with E-state index in [1.165, 1.54) is 76.5 Å². The van der Waals surface area contributed by atoms with E-state index in [1.807, 2.05) is 12.2 Å². The monoisotopic (exact) mass is 727 g/mol. The number of benzene rings is 8. The van der Waals surface area contributed by atoms with Crippen molar-refractivity contribution in [3.05, 3.63) is 218 Å². The van der Waals surface area contributed by atoms with E-state index in [1.54, 1.807) is 6.08 Å². The van der Waals surface area contributed by atoms with Crippen molar-refractivity contribution in [2.75, 3.05) is 0 Å². The van der Waals surface area contributed by atoms with Crippen molar-refractivity contribution in [3.63, 3.8) is 0 Å². The summed E-state index contributed by atoms with van der Waals surface area (Å²) in [5, 5.41) is 7.45. The number of aromatic nitrogens is 3. The van der Waals surface area contributed by atoms with Crippen LogP contribution in [0, 0.1) is 0 Å². The summed E-state index contributed by atoms with van der Waals surface area (Å²) in [5.41, 5.74) is 14.1. The Kier molecular flexibility index (Phi) is 7.65. The third-order valence-electron chi connectivity index (χ3n) is 11.4. The molecular weight excluding hydrogens is 691 g/mol. The quantitative estimate of drug-likeness (QED) is 0.145. The first-order valence-corrected chi connectivity index (χ1v) is 19.5. The Morgan fingerprint density at radius 3 is 1.47 bits per heavy atom. The molecule has 0 spiro atoms. The molecule has 3 nitrogen and oxygen atoms in total. The van der Waals surface area contributed by atoms with Crippen molar-refractivity contribution in [3.8, 4) is 28.2 Å². The number of para-hydroxylation sites is 4. The van der Waals surface area contributed by atoms with Gasteiger partial charge < -0.3 is 13.7 Å². The zero-order valence-electron chi connectivity index (χ0n) is 31.3. The van der Waals surface area contributed by atoms with Gasteiger partial charge in [0.05, 0.1) is 33.1 Å². The number of nitrogens with zero attached hydrogens (tertiary/aromatic N) is 3. The molecule has 0 unspecified atom stereocenters. The van der Waals surface area contributed by atoms with Crippen LogP contribution in [0.2, 0.25) is 0 Å². The predicted molar refractivity (Wildman–Crippen MR) is 243 cm³/mol. The Hall–Kier alpha value is -7.62. The van der Waals surface area contributed by atoms with Crippen molar-refractivity contribution >= 4 is 71.5 Å². The van der Waals surface area contributed by atoms with Crippen molar-refractivity contribution in [2.45, 2.75) is 0 Å². The van der Waals surface area contributed by atoms with Gasteiger partial charge in [-0.05, 0) is 83.4 Å². The summed E-state index contributed by atoms with van der Waals surface area (Å²) in [6.07, 6.45) is 9.91. The zero-order chi connectivity index (χ0) is 37.9. The summed E-state index contributed by atoms with van der Waals surface area (Å²) in [5.74, 6) is 0. The fraction of sp³-hybridized carbons (Fsp3) is 0. The Bertz CT molecular complexity index is 3410. The normalized spacial score (nSPS) is 12.1. The molecule has 0 atom stereocenters. The lowest BCUT2D eigenvalue weighted by atomic mass is 10.0. The van der Waals surface area contributed by atoms with Crippen molar-refractivity contribution < 1.29 is 0 Å². The standard InChI is InChI=1S/C54H37N3/c1-2-3-4-7-18-37-19-16-20-38(35-37)39-21-17-26-42(36-39)56-48-30-15-13-28-46(48)52-50(56)34-32-44-43-31-33-49-51(53(43)57(54(44)52)41-24-10-6-11-25-41)45-27-12-14-29-47(45)55(49)40-22-8-5-9-23-40/h2-36H,1H2/b4-3-,18-7+. The van der Waals surface area contributed by atoms with E-state index in [2.05, 4.69) is 214 Å². The molecule has 3 aromatic heterocycles. The van der Waals surface area contributed by atoms with Gasteiger partial charge in [0.15, 0.2) is 0 Å². The lowest BCUT2D eigenvalue weighted by molar-refractivity contribution is 1.17. The highest BCUT2D eigenvalue weighted by Crippen LogP contribution is 2.46. The van der Waals surface area contributed by atoms with Gasteiger partial charge in [-0.15, -0.1) is 0 Å². The van der Waals surface area contributed by atoms with Gasteiger partial charge in [-0.1, -0.05) is 152 Å². The first kappa shape index (κ1) is 32.8. The molecule has 0 saturated carbocycles. The molecule has 0 fully saturated rings. The van der Waals surface area contributed by atoms with Gasteiger partial charge in [0.1, 0.15) is 0 Å². The molecule has 0 bridgehead atoms. The molecule has 11 aromatic rings. The molecule has 3 heteroatoms. The minimum absolute atomic E-state index is 1.13. The van der Waals surface area contributed by atoms with Crippen LogP contribution in [-0.4, -0.2) is 13.7 Å². The highest BCUT2D eigenvalue weighted by molar-refractivity contribution is 6.31. The molecule has 0 aliphatic heterocycles. The Balaban J connectivity index is 1.22. The minimum Gasteiger partial charge on any atom is -0.309 e. The number of rotatable bonds is 7. The van der Waals surface area contributed by atoms with E-state index >= 15 is 0 Å². The third-order valence-corrected chi connectivity index (χ3v) is 11.4. The molecule has 0 N–H and O–H groups in total. The number of hydrogen-bond acceptors (Lipinski definition) is 0. The average Bonchev–Trinajstić information content (AvgIpc) is 3.91. The summed E-state index contributed by atoms with van der Waals surface area (Å²) in [6.45, 7) is 3.78. The molecule has 57 heavy (non-hydrogen) atoms. The van der Waals surface area contributed by atoms with Crippen LogP contribution in [0.4, 0.5) is 0 Å². The molecular formula is C54H37N3. The number of fused-ring (bicyclic) bond motifs is 11. The second kappa shape index (κ2) is 13.3. The van der Waals surface area contributed by atoms with Crippen LogP contribution in [-0.2, 0) is 0 Å². The molecule has 0 saturated heterocycles. The maximum Gasteiger partial charge on any atom is 0.0641 e. The third kappa shape index (κ3) is 5.13. The van der Waals surface area contributed by atoms with E-state index in [9.17, 15) is 0 Å². The molecule has 0 aliphatic carbocycles. The first-order chi connectivity index (χ1) is 28.3. The maximum atomic E-state index is 3.78. The first-order valence-electron chi connectivity index (χ1n) is 19.5. The van der Waals surface area contributed by atoms with Gasteiger partial charge in [-0.2, -0.15) is 0 Å². The van der Waals surface area contributed by atoms with Crippen molar-refractivity contribution in [1.82, 2.24) is 13.7 Å². The predicted octanol–water partition coefficient (Wildman–Crippen LogP) is 14.4. The molecule has 0 aliphatic rings. The molecule has 3 heterocycles. The Morgan fingerprint density at radius 2 is 0.860 bits per heavy atom. The highest BCUT2D eigenvalue weighted by atomic mass is 15.0. The SMILES string of the molecule is C=C/C=C\C=C\c1cccc(-c2cccc(-n3c4ccccc4c4c3ccc3c5ccc6c(c7ccccc7n6-c6ccccc6)c5n(-c5ccccc5)c34)c2)c1. The fourth-order valence-corrected chi connectivity index (χ4v) is 9.02. The second-order valence-electron chi connectivity index (χ2n) is 14.6. The summed E-state index contributed by atoms with van der Waals surface area (Å²) < 4.78 is 7.40. The van der Waals surface area contributed by atoms with Crippen LogP contribution in [0.5, 0.6) is 0 Å². The molecule has 0 radical (unpaired) electrons. The van der Waals surface area contributed by atoms with Gasteiger partial charge in [-0.3, -0.25) is 0 Å². The van der Waals surface area contributed by atoms with Gasteiger partial charge in [-0.25, -0.2) is 0 Å². The van der Waals surface area contributed by atoms with Crippen LogP contribution >= 0.6 is 0 Å². The molecule has 11 rings (SSSR count). The van der Waals surface area contributed by atoms with Crippen molar-refractivity contribution in [2.24, 2.45) is 0 Å². The van der Waals surface area contributed by atoms with E-state index in [0.717, 1.165) is 22.6 Å². The molecule has 268 valence electrons. The zero-order valence-corrected chi connectivity index (χ0v) is 31.3. The van der Waals surface area contributed by atoms with E-state index in [-0.39, 0.29) is 0 Å². The van der Waals surface area contributed by atoms with E-state index < -0.39 is 0 Å². The Labute approximate surface area is 330 Å².